The van der Waals surface area contributed by atoms with Crippen molar-refractivity contribution >= 4 is 41.3 Å². The number of aromatic nitrogens is 1. The second-order valence-electron chi connectivity index (χ2n) is 4.27. The molecule has 2 rings (SSSR count). The van der Waals surface area contributed by atoms with Gasteiger partial charge in [-0.15, -0.1) is 35.3 Å². The molecule has 0 aromatic carbocycles. The third-order valence-corrected chi connectivity index (χ3v) is 3.70. The van der Waals surface area contributed by atoms with Crippen molar-refractivity contribution in [3.8, 4) is 0 Å². The van der Waals surface area contributed by atoms with E-state index in [1.807, 2.05) is 6.92 Å². The third-order valence-electron chi connectivity index (χ3n) is 2.73. The molecule has 96 valence electrons. The Morgan fingerprint density at radius 1 is 1.65 bits per heavy atom. The predicted molar refractivity (Wildman–Crippen MR) is 83.2 cm³/mol. The number of halogens is 1. The van der Waals surface area contributed by atoms with E-state index < -0.39 is 0 Å². The Balaban J connectivity index is 0.00000144. The van der Waals surface area contributed by atoms with E-state index in [9.17, 15) is 0 Å². The number of guanidine groups is 1. The van der Waals surface area contributed by atoms with Crippen molar-refractivity contribution in [3.63, 3.8) is 0 Å². The number of nitrogens with zero attached hydrogens (tertiary/aromatic N) is 2. The van der Waals surface area contributed by atoms with Gasteiger partial charge in [0.05, 0.1) is 6.54 Å². The summed E-state index contributed by atoms with van der Waals surface area (Å²) in [6.07, 6.45) is 1.25. The fourth-order valence-electron chi connectivity index (χ4n) is 1.54. The van der Waals surface area contributed by atoms with Crippen LogP contribution in [-0.2, 0) is 6.54 Å². The fraction of sp³-hybridized carbons (Fsp3) is 0.636. The number of rotatable bonds is 3. The van der Waals surface area contributed by atoms with E-state index >= 15 is 0 Å². The SMILES string of the molecule is CN=C(NCc1nc(C)cs1)NC1CC1C.I. The molecular weight excluding hydrogens is 347 g/mol. The van der Waals surface area contributed by atoms with Crippen LogP contribution in [0.5, 0.6) is 0 Å². The Morgan fingerprint density at radius 3 is 2.82 bits per heavy atom. The van der Waals surface area contributed by atoms with Crippen LogP contribution in [0.4, 0.5) is 0 Å². The Hall–Kier alpha value is -0.370. The van der Waals surface area contributed by atoms with Crippen LogP contribution in [0.2, 0.25) is 0 Å². The van der Waals surface area contributed by atoms with E-state index in [4.69, 9.17) is 0 Å². The molecule has 4 nitrogen and oxygen atoms in total. The first-order chi connectivity index (χ1) is 7.69. The van der Waals surface area contributed by atoms with Crippen LogP contribution < -0.4 is 10.6 Å². The van der Waals surface area contributed by atoms with E-state index in [1.54, 1.807) is 18.4 Å². The van der Waals surface area contributed by atoms with E-state index in [0.717, 1.165) is 29.1 Å². The molecule has 0 radical (unpaired) electrons. The third kappa shape index (κ3) is 4.42. The molecule has 0 amide bonds. The molecule has 1 aliphatic rings. The molecule has 2 N–H and O–H groups in total. The summed E-state index contributed by atoms with van der Waals surface area (Å²) in [7, 11) is 1.80. The number of hydrogen-bond acceptors (Lipinski definition) is 3. The van der Waals surface area contributed by atoms with Gasteiger partial charge in [-0.1, -0.05) is 6.92 Å². The molecule has 0 saturated heterocycles. The van der Waals surface area contributed by atoms with Crippen molar-refractivity contribution in [2.24, 2.45) is 10.9 Å². The normalized spacial score (nSPS) is 22.9. The monoisotopic (exact) mass is 366 g/mol. The molecule has 0 aliphatic heterocycles. The van der Waals surface area contributed by atoms with Gasteiger partial charge in [-0.05, 0) is 19.3 Å². The average Bonchev–Trinajstić information content (AvgIpc) is 2.78. The number of hydrogen-bond donors (Lipinski definition) is 2. The average molecular weight is 366 g/mol. The number of aliphatic imine (C=N–C) groups is 1. The lowest BCUT2D eigenvalue weighted by atomic mass is 10.5. The predicted octanol–water partition coefficient (Wildman–Crippen LogP) is 2.14. The molecule has 1 aliphatic carbocycles. The van der Waals surface area contributed by atoms with Crippen LogP contribution in [0.1, 0.15) is 24.0 Å². The van der Waals surface area contributed by atoms with E-state index in [0.29, 0.717) is 6.04 Å². The lowest BCUT2D eigenvalue weighted by Crippen LogP contribution is -2.38. The Morgan fingerprint density at radius 2 is 2.35 bits per heavy atom. The smallest absolute Gasteiger partial charge is 0.191 e. The second kappa shape index (κ2) is 6.53. The minimum atomic E-state index is 0. The highest BCUT2D eigenvalue weighted by Gasteiger charge is 2.33. The van der Waals surface area contributed by atoms with Crippen molar-refractivity contribution in [3.05, 3.63) is 16.1 Å². The maximum atomic E-state index is 4.40. The van der Waals surface area contributed by atoms with E-state index in [1.165, 1.54) is 6.42 Å². The quantitative estimate of drug-likeness (QED) is 0.490. The Kier molecular flexibility index (Phi) is 5.64. The lowest BCUT2D eigenvalue weighted by molar-refractivity contribution is 0.761. The second-order valence-corrected chi connectivity index (χ2v) is 5.21. The maximum Gasteiger partial charge on any atom is 0.191 e. The summed E-state index contributed by atoms with van der Waals surface area (Å²) in [6, 6.07) is 0.601. The fourth-order valence-corrected chi connectivity index (χ4v) is 2.25. The van der Waals surface area contributed by atoms with Crippen molar-refractivity contribution in [1.82, 2.24) is 15.6 Å². The van der Waals surface area contributed by atoms with Gasteiger partial charge >= 0.3 is 0 Å². The highest BCUT2D eigenvalue weighted by molar-refractivity contribution is 14.0. The molecule has 2 unspecified atom stereocenters. The van der Waals surface area contributed by atoms with Gasteiger partial charge in [-0.2, -0.15) is 0 Å². The minimum Gasteiger partial charge on any atom is -0.353 e. The largest absolute Gasteiger partial charge is 0.353 e. The van der Waals surface area contributed by atoms with Crippen LogP contribution in [0, 0.1) is 12.8 Å². The Bertz CT molecular complexity index is 391. The summed E-state index contributed by atoms with van der Waals surface area (Å²) in [4.78, 5) is 8.60. The Labute approximate surface area is 123 Å². The van der Waals surface area contributed by atoms with Gasteiger partial charge in [-0.25, -0.2) is 4.98 Å². The van der Waals surface area contributed by atoms with Crippen molar-refractivity contribution in [2.75, 3.05) is 7.05 Å². The van der Waals surface area contributed by atoms with Gasteiger partial charge in [0.15, 0.2) is 5.96 Å². The molecule has 0 spiro atoms. The van der Waals surface area contributed by atoms with Crippen molar-refractivity contribution < 1.29 is 0 Å². The van der Waals surface area contributed by atoms with Gasteiger partial charge in [0.2, 0.25) is 0 Å². The van der Waals surface area contributed by atoms with Crippen molar-refractivity contribution in [2.45, 2.75) is 32.9 Å². The lowest BCUT2D eigenvalue weighted by Gasteiger charge is -2.09. The van der Waals surface area contributed by atoms with Gasteiger partial charge < -0.3 is 10.6 Å². The first-order valence-electron chi connectivity index (χ1n) is 5.57. The zero-order valence-electron chi connectivity index (χ0n) is 10.4. The molecule has 1 saturated carbocycles. The molecule has 2 atom stereocenters. The van der Waals surface area contributed by atoms with Gasteiger partial charge in [0, 0.05) is 24.2 Å². The van der Waals surface area contributed by atoms with Gasteiger partial charge in [-0.3, -0.25) is 4.99 Å². The minimum absolute atomic E-state index is 0. The summed E-state index contributed by atoms with van der Waals surface area (Å²) in [5.74, 6) is 1.66. The zero-order valence-corrected chi connectivity index (χ0v) is 13.5. The topological polar surface area (TPSA) is 49.3 Å². The number of thiazole rings is 1. The van der Waals surface area contributed by atoms with Crippen molar-refractivity contribution in [1.29, 1.82) is 0 Å². The molecule has 6 heteroatoms. The highest BCUT2D eigenvalue weighted by Crippen LogP contribution is 2.28. The van der Waals surface area contributed by atoms with Crippen LogP contribution >= 0.6 is 35.3 Å². The van der Waals surface area contributed by atoms with Crippen LogP contribution in [-0.4, -0.2) is 24.0 Å². The molecule has 0 bridgehead atoms. The van der Waals surface area contributed by atoms with Gasteiger partial charge in [0.1, 0.15) is 5.01 Å². The molecule has 1 fully saturated rings. The first kappa shape index (κ1) is 14.7. The van der Waals surface area contributed by atoms with Crippen LogP contribution in [0.3, 0.4) is 0 Å². The first-order valence-corrected chi connectivity index (χ1v) is 6.45. The summed E-state index contributed by atoms with van der Waals surface area (Å²) >= 11 is 1.68. The van der Waals surface area contributed by atoms with E-state index in [2.05, 4.69) is 32.9 Å². The highest BCUT2D eigenvalue weighted by atomic mass is 127. The van der Waals surface area contributed by atoms with E-state index in [-0.39, 0.29) is 24.0 Å². The van der Waals surface area contributed by atoms with Crippen LogP contribution in [0.15, 0.2) is 10.4 Å². The molecule has 17 heavy (non-hydrogen) atoms. The molecular formula is C11H19IN4S. The molecule has 1 aromatic heterocycles. The molecule has 1 aromatic rings. The molecule has 1 heterocycles. The van der Waals surface area contributed by atoms with Gasteiger partial charge in [0.25, 0.3) is 0 Å². The summed E-state index contributed by atoms with van der Waals surface area (Å²) < 4.78 is 0. The summed E-state index contributed by atoms with van der Waals surface area (Å²) in [5.41, 5.74) is 1.08. The number of nitrogens with one attached hydrogen (secondary N) is 2. The standard InChI is InChI=1S/C11H18N4S.HI/c1-7-4-9(7)15-11(12-3)13-5-10-14-8(2)6-16-10;/h6-7,9H,4-5H2,1-3H3,(H2,12,13,15);1H. The summed E-state index contributed by atoms with van der Waals surface area (Å²) in [5, 5.41) is 9.83. The zero-order chi connectivity index (χ0) is 11.5. The number of aryl methyl sites for hydroxylation is 1. The van der Waals surface area contributed by atoms with Crippen LogP contribution in [0.25, 0.3) is 0 Å². The summed E-state index contributed by atoms with van der Waals surface area (Å²) in [6.45, 7) is 5.01. The maximum absolute atomic E-state index is 4.40.